The Morgan fingerprint density at radius 1 is 1.18 bits per heavy atom. The van der Waals surface area contributed by atoms with Crippen molar-refractivity contribution in [1.29, 1.82) is 0 Å². The zero-order chi connectivity index (χ0) is 27.5. The van der Waals surface area contributed by atoms with E-state index in [-0.39, 0.29) is 29.4 Å². The molecule has 1 aromatic carbocycles. The van der Waals surface area contributed by atoms with Gasteiger partial charge in [0.1, 0.15) is 18.2 Å². The molecular formula is C27H29N5O5S2. The Labute approximate surface area is 230 Å². The fraction of sp³-hybridized carbons (Fsp3) is 0.407. The van der Waals surface area contributed by atoms with Gasteiger partial charge in [-0.1, -0.05) is 17.4 Å². The molecule has 3 aliphatic rings. The number of sulfone groups is 1. The minimum Gasteiger partial charge on any atom is -0.370 e. The molecular weight excluding hydrogens is 538 g/mol. The first-order valence-corrected chi connectivity index (χ1v) is 15.6. The zero-order valence-corrected chi connectivity index (χ0v) is 23.6. The van der Waals surface area contributed by atoms with Crippen LogP contribution in [0.5, 0.6) is 0 Å². The molecule has 2 fully saturated rings. The summed E-state index contributed by atoms with van der Waals surface area (Å²) < 4.78 is 30.9. The average Bonchev–Trinajstić information content (AvgIpc) is 3.61. The molecule has 3 aromatic rings. The number of aryl methyl sites for hydroxylation is 1. The predicted octanol–water partition coefficient (Wildman–Crippen LogP) is 3.78. The van der Waals surface area contributed by atoms with Gasteiger partial charge in [0.15, 0.2) is 15.0 Å². The number of rotatable bonds is 7. The summed E-state index contributed by atoms with van der Waals surface area (Å²) in [5.41, 5.74) is 2.48. The number of anilines is 3. The molecule has 4 heterocycles. The third-order valence-electron chi connectivity index (χ3n) is 7.49. The molecule has 2 amide bonds. The molecule has 1 saturated heterocycles. The van der Waals surface area contributed by atoms with E-state index in [4.69, 9.17) is 4.74 Å². The normalized spacial score (nSPS) is 18.4. The fourth-order valence-electron chi connectivity index (χ4n) is 5.26. The molecule has 1 saturated carbocycles. The van der Waals surface area contributed by atoms with Gasteiger partial charge in [-0.2, -0.15) is 0 Å². The summed E-state index contributed by atoms with van der Waals surface area (Å²) in [5, 5.41) is 3.81. The number of morpholine rings is 1. The van der Waals surface area contributed by atoms with Gasteiger partial charge >= 0.3 is 0 Å². The maximum Gasteiger partial charge on any atom is 0.256 e. The highest BCUT2D eigenvalue weighted by Crippen LogP contribution is 2.42. The first-order chi connectivity index (χ1) is 18.6. The second kappa shape index (κ2) is 9.68. The first kappa shape index (κ1) is 25.9. The van der Waals surface area contributed by atoms with Gasteiger partial charge in [0.2, 0.25) is 0 Å². The van der Waals surface area contributed by atoms with E-state index in [0.29, 0.717) is 53.5 Å². The lowest BCUT2D eigenvalue weighted by Crippen LogP contribution is -2.42. The minimum atomic E-state index is -3.65. The van der Waals surface area contributed by atoms with Crippen molar-refractivity contribution in [2.24, 2.45) is 5.92 Å². The third-order valence-corrected chi connectivity index (χ3v) is 9.73. The molecule has 0 bridgehead atoms. The number of aromatic nitrogens is 2. The van der Waals surface area contributed by atoms with Crippen LogP contribution >= 0.6 is 11.3 Å². The first-order valence-electron chi connectivity index (χ1n) is 12.9. The molecule has 2 aromatic heterocycles. The van der Waals surface area contributed by atoms with Crippen LogP contribution in [0.2, 0.25) is 0 Å². The monoisotopic (exact) mass is 567 g/mol. The molecule has 1 aliphatic carbocycles. The molecule has 39 heavy (non-hydrogen) atoms. The summed E-state index contributed by atoms with van der Waals surface area (Å²) in [6.45, 7) is 5.25. The van der Waals surface area contributed by atoms with E-state index in [9.17, 15) is 18.0 Å². The van der Waals surface area contributed by atoms with Crippen LogP contribution in [0.4, 0.5) is 16.8 Å². The quantitative estimate of drug-likeness (QED) is 0.458. The predicted molar refractivity (Wildman–Crippen MR) is 148 cm³/mol. The van der Waals surface area contributed by atoms with Crippen molar-refractivity contribution in [3.8, 4) is 10.4 Å². The van der Waals surface area contributed by atoms with Crippen LogP contribution in [-0.2, 0) is 25.9 Å². The van der Waals surface area contributed by atoms with Crippen LogP contribution in [0, 0.1) is 12.8 Å². The molecule has 6 rings (SSSR count). The lowest BCUT2D eigenvalue weighted by Gasteiger charge is -2.26. The van der Waals surface area contributed by atoms with Crippen LogP contribution in [-0.4, -0.2) is 67.2 Å². The third kappa shape index (κ3) is 4.92. The Morgan fingerprint density at radius 2 is 1.97 bits per heavy atom. The van der Waals surface area contributed by atoms with E-state index < -0.39 is 9.84 Å². The Balaban J connectivity index is 1.31. The molecule has 2 aliphatic heterocycles. The van der Waals surface area contributed by atoms with E-state index in [0.717, 1.165) is 35.2 Å². The Hall–Kier alpha value is -3.35. The highest BCUT2D eigenvalue weighted by Gasteiger charge is 2.41. The van der Waals surface area contributed by atoms with Gasteiger partial charge in [-0.05, 0) is 68.0 Å². The van der Waals surface area contributed by atoms with E-state index in [1.165, 1.54) is 11.3 Å². The van der Waals surface area contributed by atoms with Crippen LogP contribution in [0.25, 0.3) is 10.4 Å². The van der Waals surface area contributed by atoms with Gasteiger partial charge < -0.3 is 15.0 Å². The standard InChI is InChI=1S/C27H29N5O5S2/c1-15-25(38-27(28-15)30-21-5-4-6-22(29-21)31-9-10-37-14-23(31)33)18-11-19-13-32(16(2)17-7-8-17)26(34)24(19)20(12-18)39(3,35)36/h4-6,11-12,16-17H,7-10,13-14H2,1-3H3,(H,28,29,30). The highest BCUT2D eigenvalue weighted by molar-refractivity contribution is 7.90. The second-order valence-electron chi connectivity index (χ2n) is 10.3. The van der Waals surface area contributed by atoms with E-state index in [2.05, 4.69) is 15.3 Å². The summed E-state index contributed by atoms with van der Waals surface area (Å²) in [6, 6.07) is 9.00. The van der Waals surface area contributed by atoms with Crippen molar-refractivity contribution in [3.05, 3.63) is 47.2 Å². The number of pyridine rings is 1. The molecule has 1 atom stereocenters. The zero-order valence-electron chi connectivity index (χ0n) is 21.9. The van der Waals surface area contributed by atoms with Crippen LogP contribution in [0.15, 0.2) is 35.2 Å². The minimum absolute atomic E-state index is 0.0352. The molecule has 0 radical (unpaired) electrons. The molecule has 1 N–H and O–H groups in total. The van der Waals surface area contributed by atoms with E-state index in [1.54, 1.807) is 23.1 Å². The number of nitrogens with one attached hydrogen (secondary N) is 1. The number of hydrogen-bond donors (Lipinski definition) is 1. The molecule has 0 spiro atoms. The number of carbonyl (C=O) groups is 2. The number of hydrogen-bond acceptors (Lipinski definition) is 9. The molecule has 12 heteroatoms. The van der Waals surface area contributed by atoms with Gasteiger partial charge in [-0.25, -0.2) is 18.4 Å². The van der Waals surface area contributed by atoms with Gasteiger partial charge in [0, 0.05) is 18.8 Å². The van der Waals surface area contributed by atoms with Crippen molar-refractivity contribution >= 4 is 49.8 Å². The van der Waals surface area contributed by atoms with Crippen molar-refractivity contribution < 1.29 is 22.7 Å². The maximum atomic E-state index is 13.3. The molecule has 1 unspecified atom stereocenters. The van der Waals surface area contributed by atoms with Crippen LogP contribution < -0.4 is 10.2 Å². The van der Waals surface area contributed by atoms with E-state index >= 15 is 0 Å². The topological polar surface area (TPSA) is 122 Å². The fourth-order valence-corrected chi connectivity index (χ4v) is 7.15. The summed E-state index contributed by atoms with van der Waals surface area (Å²) in [5.74, 6) is 1.21. The van der Waals surface area contributed by atoms with Crippen molar-refractivity contribution in [1.82, 2.24) is 14.9 Å². The lowest BCUT2D eigenvalue weighted by atomic mass is 10.0. The van der Waals surface area contributed by atoms with Crippen molar-refractivity contribution in [3.63, 3.8) is 0 Å². The molecule has 204 valence electrons. The highest BCUT2D eigenvalue weighted by atomic mass is 32.2. The second-order valence-corrected chi connectivity index (χ2v) is 13.3. The average molecular weight is 568 g/mol. The smallest absolute Gasteiger partial charge is 0.256 e. The van der Waals surface area contributed by atoms with Gasteiger partial charge in [-0.15, -0.1) is 0 Å². The number of nitrogens with zero attached hydrogens (tertiary/aromatic N) is 4. The lowest BCUT2D eigenvalue weighted by molar-refractivity contribution is -0.125. The summed E-state index contributed by atoms with van der Waals surface area (Å²) >= 11 is 1.38. The Kier molecular flexibility index (Phi) is 6.43. The van der Waals surface area contributed by atoms with Crippen molar-refractivity contribution in [2.45, 2.75) is 44.2 Å². The number of benzene rings is 1. The summed E-state index contributed by atoms with van der Waals surface area (Å²) in [4.78, 5) is 39.1. The van der Waals surface area contributed by atoms with Gasteiger partial charge in [0.05, 0.1) is 34.2 Å². The van der Waals surface area contributed by atoms with Gasteiger partial charge in [0.25, 0.3) is 11.8 Å². The number of fused-ring (bicyclic) bond motifs is 1. The largest absolute Gasteiger partial charge is 0.370 e. The Morgan fingerprint density at radius 3 is 2.69 bits per heavy atom. The maximum absolute atomic E-state index is 13.3. The summed E-state index contributed by atoms with van der Waals surface area (Å²) in [7, 11) is -3.65. The Bertz CT molecular complexity index is 1600. The number of amides is 2. The van der Waals surface area contributed by atoms with Crippen molar-refractivity contribution in [2.75, 3.05) is 36.2 Å². The molecule has 10 nitrogen and oxygen atoms in total. The van der Waals surface area contributed by atoms with Gasteiger partial charge in [-0.3, -0.25) is 14.5 Å². The number of ether oxygens (including phenoxy) is 1. The van der Waals surface area contributed by atoms with E-state index in [1.807, 2.05) is 30.9 Å². The SMILES string of the molecule is Cc1nc(Nc2cccc(N3CCOCC3=O)n2)sc1-c1cc2c(c(S(C)(=O)=O)c1)C(=O)N(C(C)C1CC1)C2. The van der Waals surface area contributed by atoms with Crippen LogP contribution in [0.3, 0.4) is 0 Å². The number of carbonyl (C=O) groups excluding carboxylic acids is 2. The summed E-state index contributed by atoms with van der Waals surface area (Å²) in [6.07, 6.45) is 3.35. The number of thiazole rings is 1. The van der Waals surface area contributed by atoms with Crippen LogP contribution in [0.1, 0.15) is 41.4 Å².